The lowest BCUT2D eigenvalue weighted by Crippen LogP contribution is -2.52. The van der Waals surface area contributed by atoms with Crippen molar-refractivity contribution in [1.82, 2.24) is 30.0 Å². The Labute approximate surface area is 170 Å². The molecule has 1 aromatic carbocycles. The Kier molecular flexibility index (Phi) is 5.41. The van der Waals surface area contributed by atoms with Gasteiger partial charge in [0, 0.05) is 56.4 Å². The maximum Gasteiger partial charge on any atom is 0.317 e. The summed E-state index contributed by atoms with van der Waals surface area (Å²) in [6.07, 6.45) is 3.48. The van der Waals surface area contributed by atoms with Crippen molar-refractivity contribution in [2.24, 2.45) is 0 Å². The van der Waals surface area contributed by atoms with Gasteiger partial charge in [0.05, 0.1) is 11.4 Å². The van der Waals surface area contributed by atoms with Crippen LogP contribution in [0.4, 0.5) is 10.7 Å². The number of nitrogens with one attached hydrogen (secondary N) is 1. The molecule has 0 saturated carbocycles. The number of hydrogen-bond acceptors (Lipinski definition) is 5. The minimum atomic E-state index is -0.0510. The van der Waals surface area contributed by atoms with Crippen molar-refractivity contribution in [3.63, 3.8) is 0 Å². The van der Waals surface area contributed by atoms with Gasteiger partial charge in [-0.3, -0.25) is 0 Å². The van der Waals surface area contributed by atoms with Gasteiger partial charge < -0.3 is 15.1 Å². The molecule has 2 amide bonds. The third-order valence-electron chi connectivity index (χ3n) is 5.26. The van der Waals surface area contributed by atoms with Crippen molar-refractivity contribution in [2.45, 2.75) is 20.4 Å². The van der Waals surface area contributed by atoms with Crippen LogP contribution in [0.25, 0.3) is 5.69 Å². The average molecular weight is 391 g/mol. The molecule has 3 aromatic rings. The predicted molar refractivity (Wildman–Crippen MR) is 111 cm³/mol. The van der Waals surface area contributed by atoms with Crippen LogP contribution >= 0.6 is 0 Å². The lowest BCUT2D eigenvalue weighted by Gasteiger charge is -2.34. The first-order valence-electron chi connectivity index (χ1n) is 9.79. The highest BCUT2D eigenvalue weighted by molar-refractivity contribution is 5.74. The maximum absolute atomic E-state index is 12.7. The van der Waals surface area contributed by atoms with E-state index in [4.69, 9.17) is 0 Å². The van der Waals surface area contributed by atoms with E-state index >= 15 is 0 Å². The van der Waals surface area contributed by atoms with E-state index in [9.17, 15) is 4.79 Å². The standard InChI is InChI=1S/C21H25N7O/c1-16-19(17(2)28(25-16)18-7-4-3-5-8-18)15-24-21(29)27-13-11-26(12-14-27)20-22-9-6-10-23-20/h3-10H,11-15H2,1-2H3,(H,24,29). The lowest BCUT2D eigenvalue weighted by molar-refractivity contribution is 0.193. The van der Waals surface area contributed by atoms with Crippen molar-refractivity contribution in [3.8, 4) is 5.69 Å². The van der Waals surface area contributed by atoms with Crippen LogP contribution in [0, 0.1) is 13.8 Å². The Balaban J connectivity index is 1.35. The van der Waals surface area contributed by atoms with Crippen LogP contribution in [0.15, 0.2) is 48.8 Å². The third kappa shape index (κ3) is 4.06. The van der Waals surface area contributed by atoms with Crippen LogP contribution in [0.5, 0.6) is 0 Å². The maximum atomic E-state index is 12.7. The number of piperazine rings is 1. The lowest BCUT2D eigenvalue weighted by atomic mass is 10.2. The van der Waals surface area contributed by atoms with Gasteiger partial charge in [-0.15, -0.1) is 0 Å². The molecule has 0 radical (unpaired) electrons. The Morgan fingerprint density at radius 1 is 1.00 bits per heavy atom. The minimum absolute atomic E-state index is 0.0510. The summed E-state index contributed by atoms with van der Waals surface area (Å²) in [4.78, 5) is 25.2. The Bertz CT molecular complexity index is 963. The highest BCUT2D eigenvalue weighted by atomic mass is 16.2. The molecule has 150 valence electrons. The molecule has 8 heteroatoms. The summed E-state index contributed by atoms with van der Waals surface area (Å²) in [7, 11) is 0. The predicted octanol–water partition coefficient (Wildman–Crippen LogP) is 2.31. The molecule has 1 saturated heterocycles. The highest BCUT2D eigenvalue weighted by Gasteiger charge is 2.23. The first-order valence-corrected chi connectivity index (χ1v) is 9.79. The number of carbonyl (C=O) groups is 1. The van der Waals surface area contributed by atoms with Crippen molar-refractivity contribution < 1.29 is 4.79 Å². The van der Waals surface area contributed by atoms with Gasteiger partial charge in [-0.1, -0.05) is 18.2 Å². The summed E-state index contributed by atoms with van der Waals surface area (Å²) in [5, 5.41) is 7.70. The molecule has 1 aliphatic rings. The normalized spacial score (nSPS) is 14.1. The smallest absolute Gasteiger partial charge is 0.317 e. The SMILES string of the molecule is Cc1nn(-c2ccccc2)c(C)c1CNC(=O)N1CCN(c2ncccn2)CC1. The van der Waals surface area contributed by atoms with Crippen LogP contribution in [0.2, 0.25) is 0 Å². The summed E-state index contributed by atoms with van der Waals surface area (Å²) in [6.45, 7) is 7.21. The molecule has 2 aromatic heterocycles. The first-order chi connectivity index (χ1) is 14.1. The van der Waals surface area contributed by atoms with E-state index in [2.05, 4.69) is 25.3 Å². The zero-order valence-corrected chi connectivity index (χ0v) is 16.7. The van der Waals surface area contributed by atoms with Gasteiger partial charge in [0.15, 0.2) is 0 Å². The molecule has 0 spiro atoms. The van der Waals surface area contributed by atoms with E-state index in [1.807, 2.05) is 53.8 Å². The van der Waals surface area contributed by atoms with Crippen molar-refractivity contribution in [3.05, 3.63) is 65.7 Å². The molecule has 1 fully saturated rings. The van der Waals surface area contributed by atoms with Crippen molar-refractivity contribution in [2.75, 3.05) is 31.1 Å². The molecular formula is C21H25N7O. The molecule has 8 nitrogen and oxygen atoms in total. The minimum Gasteiger partial charge on any atom is -0.337 e. The summed E-state index contributed by atoms with van der Waals surface area (Å²) in [5.41, 5.74) is 4.04. The molecule has 0 bridgehead atoms. The molecule has 1 N–H and O–H groups in total. The van der Waals surface area contributed by atoms with E-state index in [1.165, 1.54) is 0 Å². The first kappa shape index (κ1) is 18.9. The molecular weight excluding hydrogens is 366 g/mol. The molecule has 29 heavy (non-hydrogen) atoms. The Morgan fingerprint density at radius 2 is 1.69 bits per heavy atom. The fourth-order valence-corrected chi connectivity index (χ4v) is 3.59. The van der Waals surface area contributed by atoms with Crippen LogP contribution in [0.1, 0.15) is 17.0 Å². The van der Waals surface area contributed by atoms with E-state index in [1.54, 1.807) is 18.5 Å². The van der Waals surface area contributed by atoms with Crippen molar-refractivity contribution >= 4 is 12.0 Å². The van der Waals surface area contributed by atoms with Gasteiger partial charge >= 0.3 is 6.03 Å². The number of nitrogens with zero attached hydrogens (tertiary/aromatic N) is 6. The van der Waals surface area contributed by atoms with Gasteiger partial charge in [-0.25, -0.2) is 19.4 Å². The van der Waals surface area contributed by atoms with E-state index in [0.717, 1.165) is 35.7 Å². The van der Waals surface area contributed by atoms with Gasteiger partial charge in [0.2, 0.25) is 5.95 Å². The number of amides is 2. The van der Waals surface area contributed by atoms with Gasteiger partial charge in [0.1, 0.15) is 0 Å². The summed E-state index contributed by atoms with van der Waals surface area (Å²) in [6, 6.07) is 11.8. The average Bonchev–Trinajstić information content (AvgIpc) is 3.07. The number of hydrogen-bond donors (Lipinski definition) is 1. The fraction of sp³-hybridized carbons (Fsp3) is 0.333. The molecule has 0 aliphatic carbocycles. The monoisotopic (exact) mass is 391 g/mol. The number of benzene rings is 1. The van der Waals surface area contributed by atoms with Gasteiger partial charge in [0.25, 0.3) is 0 Å². The number of para-hydroxylation sites is 1. The van der Waals surface area contributed by atoms with Crippen molar-refractivity contribution in [1.29, 1.82) is 0 Å². The number of aromatic nitrogens is 4. The number of rotatable bonds is 4. The molecule has 4 rings (SSSR count). The zero-order valence-electron chi connectivity index (χ0n) is 16.7. The highest BCUT2D eigenvalue weighted by Crippen LogP contribution is 2.18. The van der Waals surface area contributed by atoms with Gasteiger partial charge in [-0.05, 0) is 32.0 Å². The quantitative estimate of drug-likeness (QED) is 0.738. The number of aryl methyl sites for hydroxylation is 1. The number of carbonyl (C=O) groups excluding carboxylic acids is 1. The summed E-state index contributed by atoms with van der Waals surface area (Å²) in [5.74, 6) is 0.715. The fourth-order valence-electron chi connectivity index (χ4n) is 3.59. The Hall–Kier alpha value is -3.42. The van der Waals surface area contributed by atoms with Crippen LogP contribution in [-0.4, -0.2) is 56.9 Å². The van der Waals surface area contributed by atoms with Gasteiger partial charge in [-0.2, -0.15) is 5.10 Å². The largest absolute Gasteiger partial charge is 0.337 e. The van der Waals surface area contributed by atoms with Crippen LogP contribution in [-0.2, 0) is 6.54 Å². The zero-order chi connectivity index (χ0) is 20.2. The molecule has 0 atom stereocenters. The van der Waals surface area contributed by atoms with E-state index in [0.29, 0.717) is 25.6 Å². The second kappa shape index (κ2) is 8.30. The topological polar surface area (TPSA) is 79.2 Å². The van der Waals surface area contributed by atoms with Crippen LogP contribution in [0.3, 0.4) is 0 Å². The third-order valence-corrected chi connectivity index (χ3v) is 5.26. The Morgan fingerprint density at radius 3 is 2.38 bits per heavy atom. The molecule has 3 heterocycles. The summed E-state index contributed by atoms with van der Waals surface area (Å²) >= 11 is 0. The summed E-state index contributed by atoms with van der Waals surface area (Å²) < 4.78 is 1.93. The molecule has 1 aliphatic heterocycles. The van der Waals surface area contributed by atoms with Crippen LogP contribution < -0.4 is 10.2 Å². The second-order valence-electron chi connectivity index (χ2n) is 7.08. The van der Waals surface area contributed by atoms with E-state index < -0.39 is 0 Å². The second-order valence-corrected chi connectivity index (χ2v) is 7.08. The number of anilines is 1. The molecule has 0 unspecified atom stereocenters. The van der Waals surface area contributed by atoms with E-state index in [-0.39, 0.29) is 6.03 Å². The number of urea groups is 1.